The van der Waals surface area contributed by atoms with Crippen LogP contribution in [-0.4, -0.2) is 63.2 Å². The zero-order chi connectivity index (χ0) is 17.4. The first-order valence-corrected chi connectivity index (χ1v) is 8.79. The minimum atomic E-state index is -0.126. The topological polar surface area (TPSA) is 42.9 Å². The molecule has 1 aliphatic rings. The molecule has 0 saturated carbocycles. The molecule has 0 atom stereocenters. The van der Waals surface area contributed by atoms with Gasteiger partial charge in [0.15, 0.2) is 5.96 Å². The third-order valence-electron chi connectivity index (χ3n) is 4.16. The molecular weight excluding hydrogens is 305 g/mol. The Bertz CT molecular complexity index is 524. The quantitative estimate of drug-likeness (QED) is 0.473. The number of nitrogens with zero attached hydrogens (tertiary/aromatic N) is 3. The van der Waals surface area contributed by atoms with Crippen LogP contribution in [0, 0.1) is 5.82 Å². The number of hydrogen-bond acceptors (Lipinski definition) is 3. The van der Waals surface area contributed by atoms with Crippen LogP contribution >= 0.6 is 0 Å². The van der Waals surface area contributed by atoms with Gasteiger partial charge in [-0.3, -0.25) is 9.89 Å². The maximum Gasteiger partial charge on any atom is 0.191 e. The number of aliphatic imine (C=N–C) groups is 1. The van der Waals surface area contributed by atoms with Gasteiger partial charge in [-0.05, 0) is 38.9 Å². The molecule has 0 amide bonds. The zero-order valence-corrected chi connectivity index (χ0v) is 15.1. The molecule has 0 unspecified atom stereocenters. The molecule has 1 aliphatic heterocycles. The number of piperazine rings is 1. The van der Waals surface area contributed by atoms with Gasteiger partial charge in [0.05, 0.1) is 5.69 Å². The summed E-state index contributed by atoms with van der Waals surface area (Å²) in [6.45, 7) is 9.87. The largest absolute Gasteiger partial charge is 0.367 e. The van der Waals surface area contributed by atoms with E-state index in [1.54, 1.807) is 13.1 Å². The summed E-state index contributed by atoms with van der Waals surface area (Å²) < 4.78 is 13.8. The number of benzene rings is 1. The zero-order valence-electron chi connectivity index (χ0n) is 15.1. The van der Waals surface area contributed by atoms with Crippen molar-refractivity contribution in [2.45, 2.75) is 26.3 Å². The van der Waals surface area contributed by atoms with Gasteiger partial charge in [-0.2, -0.15) is 0 Å². The normalized spacial score (nSPS) is 16.5. The van der Waals surface area contributed by atoms with Crippen LogP contribution in [0.2, 0.25) is 0 Å². The van der Waals surface area contributed by atoms with Crippen molar-refractivity contribution in [3.63, 3.8) is 0 Å². The fraction of sp³-hybridized carbons (Fsp3) is 0.611. The van der Waals surface area contributed by atoms with Crippen molar-refractivity contribution < 1.29 is 4.39 Å². The third kappa shape index (κ3) is 5.67. The maximum atomic E-state index is 13.8. The molecule has 0 bridgehead atoms. The van der Waals surface area contributed by atoms with E-state index in [-0.39, 0.29) is 5.82 Å². The van der Waals surface area contributed by atoms with Crippen molar-refractivity contribution in [1.82, 2.24) is 15.5 Å². The van der Waals surface area contributed by atoms with E-state index >= 15 is 0 Å². The predicted octanol–water partition coefficient (Wildman–Crippen LogP) is 1.91. The number of hydrogen-bond donors (Lipinski definition) is 2. The van der Waals surface area contributed by atoms with E-state index in [1.165, 1.54) is 6.07 Å². The van der Waals surface area contributed by atoms with Gasteiger partial charge in [0.25, 0.3) is 0 Å². The van der Waals surface area contributed by atoms with Crippen LogP contribution < -0.4 is 15.5 Å². The van der Waals surface area contributed by atoms with Crippen molar-refractivity contribution in [3.05, 3.63) is 30.1 Å². The van der Waals surface area contributed by atoms with E-state index in [4.69, 9.17) is 0 Å². The van der Waals surface area contributed by atoms with Gasteiger partial charge in [-0.15, -0.1) is 0 Å². The molecule has 1 aromatic rings. The first-order valence-electron chi connectivity index (χ1n) is 8.79. The van der Waals surface area contributed by atoms with E-state index in [2.05, 4.69) is 39.3 Å². The number of halogens is 1. The second-order valence-corrected chi connectivity index (χ2v) is 6.43. The Balaban J connectivity index is 1.66. The summed E-state index contributed by atoms with van der Waals surface area (Å²) in [5, 5.41) is 6.61. The first-order chi connectivity index (χ1) is 11.6. The predicted molar refractivity (Wildman–Crippen MR) is 99.3 cm³/mol. The lowest BCUT2D eigenvalue weighted by atomic mass is 10.2. The molecule has 24 heavy (non-hydrogen) atoms. The Labute approximate surface area is 144 Å². The Hall–Kier alpha value is -1.82. The average molecular weight is 335 g/mol. The number of nitrogens with one attached hydrogen (secondary N) is 2. The lowest BCUT2D eigenvalue weighted by molar-refractivity contribution is 0.254. The minimum absolute atomic E-state index is 0.126. The van der Waals surface area contributed by atoms with Gasteiger partial charge >= 0.3 is 0 Å². The number of para-hydroxylation sites is 1. The summed E-state index contributed by atoms with van der Waals surface area (Å²) in [5.41, 5.74) is 0.724. The molecule has 2 rings (SSSR count). The standard InChI is InChI=1S/C18H30FN5/c1-15(2)22-18(20-3)21-9-6-10-23-11-13-24(14-12-23)17-8-5-4-7-16(17)19/h4-5,7-8,15H,6,9-14H2,1-3H3,(H2,20,21,22). The Kier molecular flexibility index (Phi) is 7.31. The van der Waals surface area contributed by atoms with Crippen LogP contribution in [0.25, 0.3) is 0 Å². The van der Waals surface area contributed by atoms with Gasteiger partial charge in [0, 0.05) is 45.8 Å². The summed E-state index contributed by atoms with van der Waals surface area (Å²) >= 11 is 0. The molecule has 1 heterocycles. The molecule has 5 nitrogen and oxygen atoms in total. The monoisotopic (exact) mass is 335 g/mol. The van der Waals surface area contributed by atoms with Crippen LogP contribution in [0.3, 0.4) is 0 Å². The Morgan fingerprint density at radius 2 is 1.92 bits per heavy atom. The second kappa shape index (κ2) is 9.47. The van der Waals surface area contributed by atoms with Crippen molar-refractivity contribution in [2.75, 3.05) is 51.2 Å². The minimum Gasteiger partial charge on any atom is -0.367 e. The van der Waals surface area contributed by atoms with Crippen molar-refractivity contribution in [1.29, 1.82) is 0 Å². The Morgan fingerprint density at radius 3 is 2.54 bits per heavy atom. The maximum absolute atomic E-state index is 13.8. The summed E-state index contributed by atoms with van der Waals surface area (Å²) in [7, 11) is 1.79. The molecule has 1 saturated heterocycles. The van der Waals surface area contributed by atoms with E-state index in [0.29, 0.717) is 6.04 Å². The highest BCUT2D eigenvalue weighted by Gasteiger charge is 2.18. The number of guanidine groups is 1. The number of rotatable bonds is 6. The van der Waals surface area contributed by atoms with E-state index in [0.717, 1.165) is 57.3 Å². The van der Waals surface area contributed by atoms with Crippen LogP contribution in [0.1, 0.15) is 20.3 Å². The Morgan fingerprint density at radius 1 is 1.21 bits per heavy atom. The highest BCUT2D eigenvalue weighted by Crippen LogP contribution is 2.20. The SMILES string of the molecule is CN=C(NCCCN1CCN(c2ccccc2F)CC1)NC(C)C. The van der Waals surface area contributed by atoms with Crippen molar-refractivity contribution in [3.8, 4) is 0 Å². The van der Waals surface area contributed by atoms with Gasteiger partial charge in [-0.25, -0.2) is 4.39 Å². The molecule has 0 spiro atoms. The van der Waals surface area contributed by atoms with E-state index in [1.807, 2.05) is 12.1 Å². The summed E-state index contributed by atoms with van der Waals surface area (Å²) in [6, 6.07) is 7.41. The van der Waals surface area contributed by atoms with Gasteiger partial charge in [0.1, 0.15) is 5.82 Å². The fourth-order valence-corrected chi connectivity index (χ4v) is 2.90. The molecule has 2 N–H and O–H groups in total. The van der Waals surface area contributed by atoms with Crippen molar-refractivity contribution >= 4 is 11.6 Å². The smallest absolute Gasteiger partial charge is 0.191 e. The molecule has 134 valence electrons. The molecule has 1 fully saturated rings. The molecule has 1 aromatic carbocycles. The second-order valence-electron chi connectivity index (χ2n) is 6.43. The molecule has 0 radical (unpaired) electrons. The average Bonchev–Trinajstić information content (AvgIpc) is 2.58. The van der Waals surface area contributed by atoms with Crippen molar-refractivity contribution in [2.24, 2.45) is 4.99 Å². The third-order valence-corrected chi connectivity index (χ3v) is 4.16. The number of anilines is 1. The summed E-state index contributed by atoms with van der Waals surface area (Å²) in [6.07, 6.45) is 1.07. The molecule has 0 aromatic heterocycles. The molecular formula is C18H30FN5. The van der Waals surface area contributed by atoms with Crippen LogP contribution in [0.5, 0.6) is 0 Å². The highest BCUT2D eigenvalue weighted by atomic mass is 19.1. The van der Waals surface area contributed by atoms with E-state index < -0.39 is 0 Å². The molecule has 6 heteroatoms. The van der Waals surface area contributed by atoms with Crippen LogP contribution in [0.15, 0.2) is 29.3 Å². The van der Waals surface area contributed by atoms with Gasteiger partial charge < -0.3 is 15.5 Å². The summed E-state index contributed by atoms with van der Waals surface area (Å²) in [4.78, 5) is 8.78. The fourth-order valence-electron chi connectivity index (χ4n) is 2.90. The van der Waals surface area contributed by atoms with Crippen LogP contribution in [-0.2, 0) is 0 Å². The lowest BCUT2D eigenvalue weighted by Gasteiger charge is -2.36. The molecule has 0 aliphatic carbocycles. The van der Waals surface area contributed by atoms with Gasteiger partial charge in [0.2, 0.25) is 0 Å². The first kappa shape index (κ1) is 18.5. The lowest BCUT2D eigenvalue weighted by Crippen LogP contribution is -2.47. The van der Waals surface area contributed by atoms with E-state index in [9.17, 15) is 4.39 Å². The highest BCUT2D eigenvalue weighted by molar-refractivity contribution is 5.79. The van der Waals surface area contributed by atoms with Gasteiger partial charge in [-0.1, -0.05) is 12.1 Å². The summed E-state index contributed by atoms with van der Waals surface area (Å²) in [5.74, 6) is 0.730. The van der Waals surface area contributed by atoms with Crippen LogP contribution in [0.4, 0.5) is 10.1 Å².